The Kier molecular flexibility index (Phi) is 6.68. The van der Waals surface area contributed by atoms with Crippen LogP contribution >= 0.6 is 12.4 Å². The first-order valence-corrected chi connectivity index (χ1v) is 6.67. The molecule has 132 valence electrons. The van der Waals surface area contributed by atoms with E-state index >= 15 is 0 Å². The van der Waals surface area contributed by atoms with Gasteiger partial charge in [0.2, 0.25) is 0 Å². The Labute approximate surface area is 142 Å². The fourth-order valence-electron chi connectivity index (χ4n) is 1.81. The van der Waals surface area contributed by atoms with Crippen molar-refractivity contribution in [2.24, 2.45) is 5.73 Å². The van der Waals surface area contributed by atoms with Crippen molar-refractivity contribution in [1.29, 1.82) is 0 Å². The van der Waals surface area contributed by atoms with Gasteiger partial charge in [-0.15, -0.1) is 12.4 Å². The molecule has 0 aliphatic carbocycles. The van der Waals surface area contributed by atoms with Crippen LogP contribution in [0.4, 0.5) is 18.9 Å². The monoisotopic (exact) mass is 364 g/mol. The Morgan fingerprint density at radius 1 is 1.33 bits per heavy atom. The third kappa shape index (κ3) is 5.47. The molecule has 1 heterocycles. The number of alkyl halides is 3. The van der Waals surface area contributed by atoms with Gasteiger partial charge in [-0.05, 0) is 30.7 Å². The number of benzene rings is 1. The Hall–Kier alpha value is -2.19. The lowest BCUT2D eigenvalue weighted by Crippen LogP contribution is -2.20. The van der Waals surface area contributed by atoms with E-state index in [1.54, 1.807) is 13.0 Å². The van der Waals surface area contributed by atoms with Gasteiger partial charge in [0.1, 0.15) is 17.8 Å². The van der Waals surface area contributed by atoms with Gasteiger partial charge in [-0.25, -0.2) is 0 Å². The third-order valence-electron chi connectivity index (χ3n) is 2.89. The predicted molar refractivity (Wildman–Crippen MR) is 84.5 cm³/mol. The molecular formula is C15H16ClF3N2O3. The molecule has 0 atom stereocenters. The molecule has 0 aliphatic rings. The quantitative estimate of drug-likeness (QED) is 0.848. The van der Waals surface area contributed by atoms with Crippen LogP contribution in [0.2, 0.25) is 0 Å². The molecule has 0 spiro atoms. The van der Waals surface area contributed by atoms with E-state index in [-0.39, 0.29) is 36.0 Å². The highest BCUT2D eigenvalue weighted by atomic mass is 35.5. The first-order valence-electron chi connectivity index (χ1n) is 6.67. The number of hydrogen-bond donors (Lipinski definition) is 2. The summed E-state index contributed by atoms with van der Waals surface area (Å²) in [5, 5.41) is 2.50. The maximum absolute atomic E-state index is 12.3. The maximum atomic E-state index is 12.3. The average Bonchev–Trinajstić information content (AvgIpc) is 2.95. The summed E-state index contributed by atoms with van der Waals surface area (Å²) >= 11 is 0. The minimum absolute atomic E-state index is 0. The molecule has 2 aromatic rings. The molecule has 0 fully saturated rings. The van der Waals surface area contributed by atoms with Crippen molar-refractivity contribution in [3.05, 3.63) is 47.4 Å². The van der Waals surface area contributed by atoms with Gasteiger partial charge in [0.25, 0.3) is 5.91 Å². The van der Waals surface area contributed by atoms with Crippen molar-refractivity contribution in [3.63, 3.8) is 0 Å². The van der Waals surface area contributed by atoms with Crippen molar-refractivity contribution in [1.82, 2.24) is 0 Å². The molecule has 24 heavy (non-hydrogen) atoms. The second-order valence-electron chi connectivity index (χ2n) is 4.86. The Morgan fingerprint density at radius 3 is 2.62 bits per heavy atom. The molecular weight excluding hydrogens is 349 g/mol. The highest BCUT2D eigenvalue weighted by molar-refractivity contribution is 6.04. The van der Waals surface area contributed by atoms with Crippen LogP contribution in [0.25, 0.3) is 0 Å². The van der Waals surface area contributed by atoms with Gasteiger partial charge in [-0.3, -0.25) is 4.79 Å². The molecule has 0 radical (unpaired) electrons. The molecule has 9 heteroatoms. The van der Waals surface area contributed by atoms with Gasteiger partial charge in [0.15, 0.2) is 6.61 Å². The van der Waals surface area contributed by atoms with E-state index in [2.05, 4.69) is 5.32 Å². The zero-order valence-corrected chi connectivity index (χ0v) is 13.5. The van der Waals surface area contributed by atoms with Crippen molar-refractivity contribution in [3.8, 4) is 5.75 Å². The van der Waals surface area contributed by atoms with E-state index in [1.165, 1.54) is 24.5 Å². The first-order chi connectivity index (χ1) is 10.8. The zero-order chi connectivity index (χ0) is 17.0. The highest BCUT2D eigenvalue weighted by Crippen LogP contribution is 2.28. The molecule has 2 rings (SSSR count). The number of furan rings is 1. The van der Waals surface area contributed by atoms with Crippen LogP contribution in [0.5, 0.6) is 5.75 Å². The molecule has 1 aromatic heterocycles. The summed E-state index contributed by atoms with van der Waals surface area (Å²) in [7, 11) is 0. The minimum Gasteiger partial charge on any atom is -0.482 e. The number of carbonyl (C=O) groups is 1. The summed E-state index contributed by atoms with van der Waals surface area (Å²) in [5.41, 5.74) is 6.44. The molecule has 1 aromatic carbocycles. The molecule has 0 saturated carbocycles. The standard InChI is InChI=1S/C15H15F3N2O3.ClH/c1-9-2-3-12(13(4-9)23-8-15(16,17)18)20-14(21)10-5-11(6-19)22-7-10;/h2-5,7H,6,8,19H2,1H3,(H,20,21);1H. The van der Waals surface area contributed by atoms with Gasteiger partial charge >= 0.3 is 6.18 Å². The van der Waals surface area contributed by atoms with Gasteiger partial charge in [0.05, 0.1) is 17.8 Å². The van der Waals surface area contributed by atoms with E-state index in [0.29, 0.717) is 11.3 Å². The Bertz CT molecular complexity index is 702. The van der Waals surface area contributed by atoms with Crippen molar-refractivity contribution < 1.29 is 27.1 Å². The largest absolute Gasteiger partial charge is 0.482 e. The number of aryl methyl sites for hydroxylation is 1. The molecule has 0 aliphatic heterocycles. The van der Waals surface area contributed by atoms with Gasteiger partial charge in [-0.1, -0.05) is 6.07 Å². The number of nitrogens with two attached hydrogens (primary N) is 1. The summed E-state index contributed by atoms with van der Waals surface area (Å²) in [6.07, 6.45) is -3.24. The minimum atomic E-state index is -4.47. The fourth-order valence-corrected chi connectivity index (χ4v) is 1.81. The summed E-state index contributed by atoms with van der Waals surface area (Å²) in [6.45, 7) is 0.399. The molecule has 1 amide bonds. The van der Waals surface area contributed by atoms with E-state index in [4.69, 9.17) is 14.9 Å². The third-order valence-corrected chi connectivity index (χ3v) is 2.89. The summed E-state index contributed by atoms with van der Waals surface area (Å²) < 4.78 is 46.7. The van der Waals surface area contributed by atoms with E-state index in [0.717, 1.165) is 0 Å². The molecule has 5 nitrogen and oxygen atoms in total. The number of nitrogens with one attached hydrogen (secondary N) is 1. The van der Waals surface area contributed by atoms with Crippen LogP contribution in [0, 0.1) is 6.92 Å². The van der Waals surface area contributed by atoms with Crippen LogP contribution in [-0.4, -0.2) is 18.7 Å². The number of carbonyl (C=O) groups excluding carboxylic acids is 1. The molecule has 3 N–H and O–H groups in total. The highest BCUT2D eigenvalue weighted by Gasteiger charge is 2.29. The lowest BCUT2D eigenvalue weighted by atomic mass is 10.2. The maximum Gasteiger partial charge on any atom is 0.422 e. The molecule has 0 saturated heterocycles. The lowest BCUT2D eigenvalue weighted by molar-refractivity contribution is -0.153. The van der Waals surface area contributed by atoms with Gasteiger partial charge < -0.3 is 20.2 Å². The fraction of sp³-hybridized carbons (Fsp3) is 0.267. The number of amides is 1. The van der Waals surface area contributed by atoms with Crippen molar-refractivity contribution in [2.45, 2.75) is 19.6 Å². The van der Waals surface area contributed by atoms with Gasteiger partial charge in [-0.2, -0.15) is 13.2 Å². The van der Waals surface area contributed by atoms with Crippen molar-refractivity contribution >= 4 is 24.0 Å². The van der Waals surface area contributed by atoms with E-state index in [9.17, 15) is 18.0 Å². The van der Waals surface area contributed by atoms with Crippen LogP contribution in [0.1, 0.15) is 21.7 Å². The van der Waals surface area contributed by atoms with Gasteiger partial charge in [0, 0.05) is 0 Å². The lowest BCUT2D eigenvalue weighted by Gasteiger charge is -2.14. The second kappa shape index (κ2) is 8.07. The van der Waals surface area contributed by atoms with E-state index < -0.39 is 18.7 Å². The Balaban J connectivity index is 0.00000288. The number of anilines is 1. The number of halogens is 4. The first kappa shape index (κ1) is 19.9. The van der Waals surface area contributed by atoms with Crippen LogP contribution < -0.4 is 15.8 Å². The second-order valence-corrected chi connectivity index (χ2v) is 4.86. The Morgan fingerprint density at radius 2 is 2.04 bits per heavy atom. The van der Waals surface area contributed by atoms with E-state index in [1.807, 2.05) is 0 Å². The van der Waals surface area contributed by atoms with Crippen LogP contribution in [0.15, 0.2) is 34.9 Å². The topological polar surface area (TPSA) is 77.5 Å². The molecule has 0 unspecified atom stereocenters. The summed E-state index contributed by atoms with van der Waals surface area (Å²) in [4.78, 5) is 12.1. The van der Waals surface area contributed by atoms with Crippen LogP contribution in [-0.2, 0) is 6.54 Å². The number of ether oxygens (including phenoxy) is 1. The number of rotatable bonds is 5. The SMILES string of the molecule is Cc1ccc(NC(=O)c2coc(CN)c2)c(OCC(F)(F)F)c1.Cl. The smallest absolute Gasteiger partial charge is 0.422 e. The normalized spacial score (nSPS) is 10.9. The average molecular weight is 365 g/mol. The summed E-state index contributed by atoms with van der Waals surface area (Å²) in [5.74, 6) is -0.167. The molecule has 0 bridgehead atoms. The summed E-state index contributed by atoms with van der Waals surface area (Å²) in [6, 6.07) is 6.00. The van der Waals surface area contributed by atoms with Crippen molar-refractivity contribution in [2.75, 3.05) is 11.9 Å². The predicted octanol–water partition coefficient (Wildman–Crippen LogP) is 3.66. The van der Waals surface area contributed by atoms with Crippen LogP contribution in [0.3, 0.4) is 0 Å². The zero-order valence-electron chi connectivity index (χ0n) is 12.6. The number of hydrogen-bond acceptors (Lipinski definition) is 4.